The van der Waals surface area contributed by atoms with Gasteiger partial charge in [-0.15, -0.1) is 0 Å². The van der Waals surface area contributed by atoms with Crippen molar-refractivity contribution in [2.75, 3.05) is 25.7 Å². The first-order chi connectivity index (χ1) is 20.1. The minimum absolute atomic E-state index is 0.0152. The standard InChI is InChI=1S/C29H29ClN6O6/c1-17-13-19(15-20(30)26(17)27(31)34-29(39)41-4)42-16-24-33-21-14-18(8-9-22(21)35(24)2)28(38)36(12-10-25(37)40-3)23-7-5-6-11-32-23/h5-9,11,13-15H,10,12,16H2,1-4H3,(H2,31,34,39). The number of carbonyl (C=O) groups excluding carboxylic acids is 3. The maximum absolute atomic E-state index is 13.5. The average Bonchev–Trinajstić information content (AvgIpc) is 3.30. The lowest BCUT2D eigenvalue weighted by molar-refractivity contribution is -0.140. The number of nitrogens with two attached hydrogens (primary N) is 1. The highest BCUT2D eigenvalue weighted by Gasteiger charge is 2.22. The number of methoxy groups -OCH3 is 2. The maximum Gasteiger partial charge on any atom is 0.435 e. The SMILES string of the molecule is COC(=O)CCN(C(=O)c1ccc2c(c1)nc(COc1cc(C)c(/C(N)=N\C(=O)OC)c(Cl)c1)n2C)c1ccccn1. The summed E-state index contributed by atoms with van der Waals surface area (Å²) in [6, 6.07) is 13.7. The Morgan fingerprint density at radius 1 is 1.10 bits per heavy atom. The molecule has 0 bridgehead atoms. The van der Waals surface area contributed by atoms with Crippen LogP contribution in [0.15, 0.2) is 59.7 Å². The first kappa shape index (κ1) is 30.0. The number of aryl methyl sites for hydroxylation is 2. The Labute approximate surface area is 246 Å². The molecule has 0 atom stereocenters. The minimum atomic E-state index is -0.833. The largest absolute Gasteiger partial charge is 0.486 e. The molecule has 0 fully saturated rings. The molecular weight excluding hydrogens is 564 g/mol. The van der Waals surface area contributed by atoms with Gasteiger partial charge in [0.2, 0.25) is 0 Å². The monoisotopic (exact) mass is 592 g/mol. The second-order valence-corrected chi connectivity index (χ2v) is 9.52. The van der Waals surface area contributed by atoms with Gasteiger partial charge in [0.25, 0.3) is 5.91 Å². The number of benzene rings is 2. The Morgan fingerprint density at radius 2 is 1.88 bits per heavy atom. The number of aromatic nitrogens is 3. The van der Waals surface area contributed by atoms with Gasteiger partial charge in [0.15, 0.2) is 0 Å². The number of rotatable bonds is 9. The molecule has 0 aliphatic carbocycles. The third-order valence-electron chi connectivity index (χ3n) is 6.43. The number of ether oxygens (including phenoxy) is 3. The van der Waals surface area contributed by atoms with E-state index in [-0.39, 0.29) is 36.3 Å². The fourth-order valence-corrected chi connectivity index (χ4v) is 4.63. The maximum atomic E-state index is 13.5. The minimum Gasteiger partial charge on any atom is -0.486 e. The van der Waals surface area contributed by atoms with Gasteiger partial charge >= 0.3 is 12.1 Å². The summed E-state index contributed by atoms with van der Waals surface area (Å²) in [5.41, 5.74) is 8.75. The number of fused-ring (bicyclic) bond motifs is 1. The Bertz CT molecular complexity index is 1650. The molecule has 42 heavy (non-hydrogen) atoms. The van der Waals surface area contributed by atoms with Gasteiger partial charge in [-0.05, 0) is 55.0 Å². The number of amides is 2. The average molecular weight is 593 g/mol. The topological polar surface area (TPSA) is 151 Å². The second kappa shape index (κ2) is 13.1. The van der Waals surface area contributed by atoms with Crippen LogP contribution in [0.25, 0.3) is 11.0 Å². The van der Waals surface area contributed by atoms with Crippen LogP contribution >= 0.6 is 11.6 Å². The normalized spacial score (nSPS) is 11.3. The number of nitrogens with zero attached hydrogens (tertiary/aromatic N) is 5. The number of hydrogen-bond acceptors (Lipinski definition) is 8. The van der Waals surface area contributed by atoms with Gasteiger partial charge in [-0.25, -0.2) is 14.8 Å². The van der Waals surface area contributed by atoms with Gasteiger partial charge in [0.05, 0.1) is 36.7 Å². The summed E-state index contributed by atoms with van der Waals surface area (Å²) in [5, 5.41) is 0.257. The molecule has 2 aromatic heterocycles. The Hall–Kier alpha value is -4.97. The number of imidazole rings is 1. The Morgan fingerprint density at radius 3 is 2.55 bits per heavy atom. The molecule has 0 aliphatic rings. The predicted molar refractivity (Wildman–Crippen MR) is 157 cm³/mol. The van der Waals surface area contributed by atoms with E-state index >= 15 is 0 Å². The number of esters is 1. The molecule has 4 aromatic rings. The molecule has 0 aliphatic heterocycles. The molecule has 2 aromatic carbocycles. The lowest BCUT2D eigenvalue weighted by Crippen LogP contribution is -2.33. The quantitative estimate of drug-likeness (QED) is 0.171. The van der Waals surface area contributed by atoms with Crippen LogP contribution in [0.2, 0.25) is 5.02 Å². The molecule has 0 saturated carbocycles. The van der Waals surface area contributed by atoms with E-state index in [1.807, 2.05) is 11.6 Å². The zero-order valence-corrected chi connectivity index (χ0v) is 24.2. The summed E-state index contributed by atoms with van der Waals surface area (Å²) in [5.74, 6) is 0.655. The van der Waals surface area contributed by atoms with Gasteiger partial charge < -0.3 is 24.5 Å². The van der Waals surface area contributed by atoms with Crippen molar-refractivity contribution in [1.82, 2.24) is 14.5 Å². The van der Waals surface area contributed by atoms with Crippen molar-refractivity contribution in [3.05, 3.63) is 82.3 Å². The van der Waals surface area contributed by atoms with Crippen molar-refractivity contribution < 1.29 is 28.6 Å². The number of halogens is 1. The third kappa shape index (κ3) is 6.66. The number of aliphatic imine (C=N–C) groups is 1. The van der Waals surface area contributed by atoms with Crippen LogP contribution < -0.4 is 15.4 Å². The smallest absolute Gasteiger partial charge is 0.435 e. The van der Waals surface area contributed by atoms with Gasteiger partial charge in [0.1, 0.15) is 29.8 Å². The van der Waals surface area contributed by atoms with Gasteiger partial charge in [-0.3, -0.25) is 14.5 Å². The summed E-state index contributed by atoms with van der Waals surface area (Å²) < 4.78 is 17.1. The Kier molecular flexibility index (Phi) is 9.38. The number of anilines is 1. The van der Waals surface area contributed by atoms with E-state index in [9.17, 15) is 14.4 Å². The van der Waals surface area contributed by atoms with Crippen LogP contribution in [-0.4, -0.2) is 59.1 Å². The first-order valence-corrected chi connectivity index (χ1v) is 13.1. The van der Waals surface area contributed by atoms with Crippen LogP contribution in [0, 0.1) is 6.92 Å². The van der Waals surface area contributed by atoms with Crippen molar-refractivity contribution in [3.63, 3.8) is 0 Å². The van der Waals surface area contributed by atoms with E-state index in [1.54, 1.807) is 61.7 Å². The molecule has 0 saturated heterocycles. The number of carbonyl (C=O) groups is 3. The molecule has 12 nitrogen and oxygen atoms in total. The van der Waals surface area contributed by atoms with Crippen molar-refractivity contribution in [2.24, 2.45) is 17.8 Å². The van der Waals surface area contributed by atoms with Crippen LogP contribution in [-0.2, 0) is 27.9 Å². The van der Waals surface area contributed by atoms with E-state index in [0.717, 1.165) is 5.52 Å². The zero-order chi connectivity index (χ0) is 30.4. The number of hydrogen-bond donors (Lipinski definition) is 1. The fraction of sp³-hybridized carbons (Fsp3) is 0.241. The van der Waals surface area contributed by atoms with Crippen LogP contribution in [0.1, 0.15) is 33.7 Å². The molecule has 0 spiro atoms. The highest BCUT2D eigenvalue weighted by Crippen LogP contribution is 2.28. The van der Waals surface area contributed by atoms with Crippen LogP contribution in [0.4, 0.5) is 10.6 Å². The lowest BCUT2D eigenvalue weighted by atomic mass is 10.1. The van der Waals surface area contributed by atoms with E-state index in [2.05, 4.69) is 19.7 Å². The molecule has 2 amide bonds. The molecule has 2 heterocycles. The molecule has 0 unspecified atom stereocenters. The second-order valence-electron chi connectivity index (χ2n) is 9.11. The summed E-state index contributed by atoms with van der Waals surface area (Å²) >= 11 is 6.42. The molecule has 218 valence electrons. The van der Waals surface area contributed by atoms with Gasteiger partial charge in [-0.2, -0.15) is 4.99 Å². The van der Waals surface area contributed by atoms with Crippen molar-refractivity contribution >= 4 is 52.3 Å². The summed E-state index contributed by atoms with van der Waals surface area (Å²) in [7, 11) is 4.35. The van der Waals surface area contributed by atoms with Gasteiger partial charge in [-0.1, -0.05) is 17.7 Å². The van der Waals surface area contributed by atoms with Gasteiger partial charge in [0, 0.05) is 30.9 Å². The number of pyridine rings is 1. The zero-order valence-electron chi connectivity index (χ0n) is 23.5. The van der Waals surface area contributed by atoms with E-state index in [4.69, 9.17) is 26.8 Å². The van der Waals surface area contributed by atoms with Crippen LogP contribution in [0.5, 0.6) is 5.75 Å². The van der Waals surface area contributed by atoms with Crippen molar-refractivity contribution in [1.29, 1.82) is 0 Å². The molecular formula is C29H29ClN6O6. The fourth-order valence-electron chi connectivity index (χ4n) is 4.27. The third-order valence-corrected chi connectivity index (χ3v) is 6.73. The van der Waals surface area contributed by atoms with E-state index in [1.165, 1.54) is 19.1 Å². The van der Waals surface area contributed by atoms with Crippen molar-refractivity contribution in [2.45, 2.75) is 20.0 Å². The van der Waals surface area contributed by atoms with Crippen LogP contribution in [0.3, 0.4) is 0 Å². The van der Waals surface area contributed by atoms with Crippen molar-refractivity contribution in [3.8, 4) is 5.75 Å². The molecule has 2 N–H and O–H groups in total. The summed E-state index contributed by atoms with van der Waals surface area (Å²) in [6.07, 6.45) is 0.761. The van der Waals surface area contributed by atoms with E-state index < -0.39 is 12.1 Å². The molecule has 4 rings (SSSR count). The summed E-state index contributed by atoms with van der Waals surface area (Å²) in [4.78, 5) is 50.8. The highest BCUT2D eigenvalue weighted by atomic mass is 35.5. The van der Waals surface area contributed by atoms with E-state index in [0.29, 0.717) is 39.6 Å². The Balaban J connectivity index is 1.55. The first-order valence-electron chi connectivity index (χ1n) is 12.7. The molecule has 13 heteroatoms. The molecule has 0 radical (unpaired) electrons. The summed E-state index contributed by atoms with van der Waals surface area (Å²) in [6.45, 7) is 1.97. The predicted octanol–water partition coefficient (Wildman–Crippen LogP) is 4.19. The lowest BCUT2D eigenvalue weighted by Gasteiger charge is -2.21. The highest BCUT2D eigenvalue weighted by molar-refractivity contribution is 6.34. The number of amidine groups is 1.